The number of nitrogens with one attached hydrogen (secondary N) is 1. The maximum absolute atomic E-state index is 13.0. The number of ether oxygens (including phenoxy) is 2. The highest BCUT2D eigenvalue weighted by atomic mass is 32.2. The Bertz CT molecular complexity index is 1180. The van der Waals surface area contributed by atoms with Crippen molar-refractivity contribution in [1.82, 2.24) is 4.31 Å². The van der Waals surface area contributed by atoms with Gasteiger partial charge in [0.15, 0.2) is 5.76 Å². The summed E-state index contributed by atoms with van der Waals surface area (Å²) in [6.45, 7) is 3.28. The minimum absolute atomic E-state index is 0.113. The minimum Gasteiger partial charge on any atom is -0.489 e. The second kappa shape index (κ2) is 9.56. The third-order valence-electron chi connectivity index (χ3n) is 5.16. The summed E-state index contributed by atoms with van der Waals surface area (Å²) in [5.41, 5.74) is 1.71. The number of morpholine rings is 1. The number of amides is 1. The van der Waals surface area contributed by atoms with Crippen molar-refractivity contribution in [2.75, 3.05) is 31.6 Å². The smallest absolute Gasteiger partial charge is 0.291 e. The van der Waals surface area contributed by atoms with Crippen molar-refractivity contribution in [1.29, 1.82) is 0 Å². The lowest BCUT2D eigenvalue weighted by molar-refractivity contribution is 0.0730. The van der Waals surface area contributed by atoms with Crippen LogP contribution in [0.15, 0.2) is 70.2 Å². The average Bonchev–Trinajstić information content (AvgIpc) is 3.29. The molecule has 1 saturated heterocycles. The van der Waals surface area contributed by atoms with Gasteiger partial charge < -0.3 is 19.2 Å². The van der Waals surface area contributed by atoms with Crippen LogP contribution in [-0.2, 0) is 21.4 Å². The highest BCUT2D eigenvalue weighted by molar-refractivity contribution is 7.89. The molecule has 0 bridgehead atoms. The number of carbonyl (C=O) groups excluding carboxylic acids is 1. The number of aryl methyl sites for hydroxylation is 1. The van der Waals surface area contributed by atoms with Crippen LogP contribution in [-0.4, -0.2) is 44.9 Å². The number of nitrogens with zero attached hydrogens (tertiary/aromatic N) is 1. The maximum Gasteiger partial charge on any atom is 0.291 e. The van der Waals surface area contributed by atoms with E-state index in [1.807, 2.05) is 30.3 Å². The molecule has 1 aliphatic rings. The van der Waals surface area contributed by atoms with Crippen LogP contribution in [0.2, 0.25) is 0 Å². The van der Waals surface area contributed by atoms with Crippen molar-refractivity contribution in [2.24, 2.45) is 0 Å². The fraction of sp³-hybridized carbons (Fsp3) is 0.261. The quantitative estimate of drug-likeness (QED) is 0.585. The molecular formula is C23H24N2O6S. The molecule has 1 amide bonds. The average molecular weight is 457 g/mol. The summed E-state index contributed by atoms with van der Waals surface area (Å²) in [5, 5.41) is 2.77. The van der Waals surface area contributed by atoms with E-state index in [-0.39, 0.29) is 17.3 Å². The number of carbonyl (C=O) groups is 1. The molecule has 1 aromatic heterocycles. The highest BCUT2D eigenvalue weighted by Gasteiger charge is 2.27. The van der Waals surface area contributed by atoms with E-state index in [1.54, 1.807) is 25.1 Å². The molecule has 168 valence electrons. The number of benzene rings is 2. The van der Waals surface area contributed by atoms with Gasteiger partial charge in [-0.1, -0.05) is 24.3 Å². The van der Waals surface area contributed by atoms with Gasteiger partial charge in [-0.05, 0) is 42.8 Å². The van der Waals surface area contributed by atoms with Gasteiger partial charge in [0.05, 0.1) is 24.4 Å². The van der Waals surface area contributed by atoms with E-state index in [4.69, 9.17) is 13.9 Å². The van der Waals surface area contributed by atoms with Gasteiger partial charge in [-0.15, -0.1) is 0 Å². The van der Waals surface area contributed by atoms with E-state index in [1.165, 1.54) is 16.6 Å². The van der Waals surface area contributed by atoms with Crippen LogP contribution in [0.5, 0.6) is 5.75 Å². The summed E-state index contributed by atoms with van der Waals surface area (Å²) in [7, 11) is -3.68. The van der Waals surface area contributed by atoms with Crippen molar-refractivity contribution in [3.05, 3.63) is 77.7 Å². The Balaban J connectivity index is 1.50. The Labute approximate surface area is 186 Å². The van der Waals surface area contributed by atoms with Crippen LogP contribution in [0.25, 0.3) is 0 Å². The second-order valence-electron chi connectivity index (χ2n) is 7.32. The molecule has 32 heavy (non-hydrogen) atoms. The molecule has 0 radical (unpaired) electrons. The van der Waals surface area contributed by atoms with E-state index in [2.05, 4.69) is 5.32 Å². The number of furan rings is 1. The van der Waals surface area contributed by atoms with E-state index in [0.29, 0.717) is 43.3 Å². The zero-order valence-corrected chi connectivity index (χ0v) is 18.4. The first kappa shape index (κ1) is 22.1. The number of hydrogen-bond acceptors (Lipinski definition) is 6. The lowest BCUT2D eigenvalue weighted by Crippen LogP contribution is -2.40. The molecular weight excluding hydrogens is 432 g/mol. The molecule has 1 fully saturated rings. The van der Waals surface area contributed by atoms with E-state index >= 15 is 0 Å². The molecule has 9 heteroatoms. The van der Waals surface area contributed by atoms with Crippen LogP contribution in [0.1, 0.15) is 21.7 Å². The van der Waals surface area contributed by atoms with E-state index in [0.717, 1.165) is 5.56 Å². The predicted molar refractivity (Wildman–Crippen MR) is 118 cm³/mol. The van der Waals surface area contributed by atoms with Crippen molar-refractivity contribution >= 4 is 21.6 Å². The van der Waals surface area contributed by atoms with Gasteiger partial charge in [0.1, 0.15) is 12.4 Å². The van der Waals surface area contributed by atoms with Gasteiger partial charge in [-0.2, -0.15) is 4.31 Å². The normalized spacial score (nSPS) is 14.8. The number of sulfonamides is 1. The van der Waals surface area contributed by atoms with Gasteiger partial charge in [-0.25, -0.2) is 8.42 Å². The van der Waals surface area contributed by atoms with Crippen molar-refractivity contribution < 1.29 is 27.1 Å². The van der Waals surface area contributed by atoms with Crippen molar-refractivity contribution in [2.45, 2.75) is 18.4 Å². The third-order valence-corrected chi connectivity index (χ3v) is 7.05. The molecule has 0 unspecified atom stereocenters. The SMILES string of the molecule is Cc1ccc(S(=O)(=O)N2CCOCC2)cc1NC(=O)c1occc1COc1ccccc1. The molecule has 0 saturated carbocycles. The summed E-state index contributed by atoms with van der Waals surface area (Å²) in [5.74, 6) is 0.310. The largest absolute Gasteiger partial charge is 0.489 e. The molecule has 1 N–H and O–H groups in total. The molecule has 0 aliphatic carbocycles. The first-order valence-corrected chi connectivity index (χ1v) is 11.6. The van der Waals surface area contributed by atoms with Crippen LogP contribution in [0.3, 0.4) is 0 Å². The first-order chi connectivity index (χ1) is 15.4. The van der Waals surface area contributed by atoms with Gasteiger partial charge >= 0.3 is 0 Å². The molecule has 3 aromatic rings. The lowest BCUT2D eigenvalue weighted by atomic mass is 10.2. The number of para-hydroxylation sites is 1. The molecule has 0 spiro atoms. The number of anilines is 1. The van der Waals surface area contributed by atoms with Crippen LogP contribution >= 0.6 is 0 Å². The summed E-state index contributed by atoms with van der Waals surface area (Å²) in [4.78, 5) is 13.0. The molecule has 2 heterocycles. The standard InChI is InChI=1S/C23H24N2O6S/c1-17-7-8-20(32(27,28)25-10-13-29-14-11-25)15-21(17)24-23(26)22-18(9-12-30-22)16-31-19-5-3-2-4-6-19/h2-9,12,15H,10-11,13-14,16H2,1H3,(H,24,26). The van der Waals surface area contributed by atoms with Crippen LogP contribution < -0.4 is 10.1 Å². The molecule has 0 atom stereocenters. The Kier molecular flexibility index (Phi) is 6.59. The minimum atomic E-state index is -3.68. The van der Waals surface area contributed by atoms with Crippen LogP contribution in [0.4, 0.5) is 5.69 Å². The van der Waals surface area contributed by atoms with Gasteiger partial charge in [-0.3, -0.25) is 4.79 Å². The van der Waals surface area contributed by atoms with Crippen molar-refractivity contribution in [3.8, 4) is 5.75 Å². The zero-order chi connectivity index (χ0) is 22.6. The fourth-order valence-corrected chi connectivity index (χ4v) is 4.77. The van der Waals surface area contributed by atoms with Crippen molar-refractivity contribution in [3.63, 3.8) is 0 Å². The first-order valence-electron chi connectivity index (χ1n) is 10.2. The number of rotatable bonds is 7. The maximum atomic E-state index is 13.0. The van der Waals surface area contributed by atoms with Gasteiger partial charge in [0, 0.05) is 24.3 Å². The van der Waals surface area contributed by atoms with Gasteiger partial charge in [0.2, 0.25) is 10.0 Å². The Morgan fingerprint density at radius 2 is 1.84 bits per heavy atom. The molecule has 4 rings (SSSR count). The van der Waals surface area contributed by atoms with Crippen LogP contribution in [0, 0.1) is 6.92 Å². The summed E-state index contributed by atoms with van der Waals surface area (Å²) >= 11 is 0. The Morgan fingerprint density at radius 1 is 1.09 bits per heavy atom. The Morgan fingerprint density at radius 3 is 2.59 bits per heavy atom. The highest BCUT2D eigenvalue weighted by Crippen LogP contribution is 2.25. The Hall–Kier alpha value is -3.14. The summed E-state index contributed by atoms with van der Waals surface area (Å²) < 4.78 is 43.7. The molecule has 8 nitrogen and oxygen atoms in total. The van der Waals surface area contributed by atoms with Gasteiger partial charge in [0.25, 0.3) is 5.91 Å². The topological polar surface area (TPSA) is 98.1 Å². The van der Waals surface area contributed by atoms with E-state index in [9.17, 15) is 13.2 Å². The summed E-state index contributed by atoms with van der Waals surface area (Å²) in [6, 6.07) is 15.6. The zero-order valence-electron chi connectivity index (χ0n) is 17.6. The second-order valence-corrected chi connectivity index (χ2v) is 9.26. The molecule has 1 aliphatic heterocycles. The predicted octanol–water partition coefficient (Wildman–Crippen LogP) is 3.44. The monoisotopic (exact) mass is 456 g/mol. The molecule has 2 aromatic carbocycles. The summed E-state index contributed by atoms with van der Waals surface area (Å²) in [6.07, 6.45) is 1.42. The lowest BCUT2D eigenvalue weighted by Gasteiger charge is -2.26. The third kappa shape index (κ3) is 4.85. The number of hydrogen-bond donors (Lipinski definition) is 1. The fourth-order valence-electron chi connectivity index (χ4n) is 3.34. The van der Waals surface area contributed by atoms with E-state index < -0.39 is 15.9 Å².